The summed E-state index contributed by atoms with van der Waals surface area (Å²) in [5.41, 5.74) is 5.85. The first-order chi connectivity index (χ1) is 22.8. The lowest BCUT2D eigenvalue weighted by atomic mass is 10.0. The Kier molecular flexibility index (Phi) is 6.91. The summed E-state index contributed by atoms with van der Waals surface area (Å²) in [5, 5.41) is 18.1. The summed E-state index contributed by atoms with van der Waals surface area (Å²) in [5.74, 6) is 0. The molecule has 46 heavy (non-hydrogen) atoms. The molecule has 216 valence electrons. The Labute approximate surface area is 270 Å². The Balaban J connectivity index is 1.27. The van der Waals surface area contributed by atoms with Gasteiger partial charge in [0.15, 0.2) is 8.07 Å². The van der Waals surface area contributed by atoms with E-state index in [0.717, 1.165) is 27.8 Å². The summed E-state index contributed by atoms with van der Waals surface area (Å²) in [7, 11) is -2.59. The van der Waals surface area contributed by atoms with Crippen LogP contribution in [0.3, 0.4) is 0 Å². The normalized spacial score (nSPS) is 11.5. The van der Waals surface area contributed by atoms with Gasteiger partial charge in [-0.3, -0.25) is 0 Å². The van der Waals surface area contributed by atoms with Gasteiger partial charge in [0, 0.05) is 10.8 Å². The lowest BCUT2D eigenvalue weighted by Gasteiger charge is -2.34. The van der Waals surface area contributed by atoms with Crippen LogP contribution in [-0.4, -0.2) is 12.6 Å². The second kappa shape index (κ2) is 11.5. The smallest absolute Gasteiger partial charge is 0.179 e. The van der Waals surface area contributed by atoms with Crippen LogP contribution in [0.5, 0.6) is 0 Å². The van der Waals surface area contributed by atoms with E-state index >= 15 is 0 Å². The van der Waals surface area contributed by atoms with Crippen molar-refractivity contribution in [3.8, 4) is 22.9 Å². The molecule has 0 aliphatic rings. The lowest BCUT2D eigenvalue weighted by Crippen LogP contribution is -2.74. The van der Waals surface area contributed by atoms with Crippen molar-refractivity contribution < 1.29 is 0 Å². The van der Waals surface area contributed by atoms with Crippen molar-refractivity contribution in [3.63, 3.8) is 0 Å². The summed E-state index contributed by atoms with van der Waals surface area (Å²) < 4.78 is 2.22. The van der Waals surface area contributed by atoms with Crippen molar-refractivity contribution in [1.29, 1.82) is 5.26 Å². The van der Waals surface area contributed by atoms with E-state index in [9.17, 15) is 5.26 Å². The summed E-state index contributed by atoms with van der Waals surface area (Å²) in [4.78, 5) is 0. The highest BCUT2D eigenvalue weighted by Gasteiger charge is 2.41. The highest BCUT2D eigenvalue weighted by molar-refractivity contribution is 7.19. The van der Waals surface area contributed by atoms with Crippen LogP contribution in [0.2, 0.25) is 0 Å². The Morgan fingerprint density at radius 1 is 0.413 bits per heavy atom. The maximum absolute atomic E-state index is 10.4. The fourth-order valence-electron chi connectivity index (χ4n) is 7.16. The first kappa shape index (κ1) is 27.6. The second-order valence-electron chi connectivity index (χ2n) is 11.6. The molecule has 0 aliphatic heterocycles. The maximum Gasteiger partial charge on any atom is 0.179 e. The van der Waals surface area contributed by atoms with Gasteiger partial charge in [0.25, 0.3) is 0 Å². The van der Waals surface area contributed by atoms with Crippen LogP contribution in [0.25, 0.3) is 38.6 Å². The fraction of sp³-hybridized carbons (Fsp3) is 0. The van der Waals surface area contributed by atoms with Crippen LogP contribution in [0.15, 0.2) is 182 Å². The van der Waals surface area contributed by atoms with Crippen LogP contribution in [-0.2, 0) is 0 Å². The first-order valence-electron chi connectivity index (χ1n) is 15.6. The van der Waals surface area contributed by atoms with E-state index < -0.39 is 8.07 Å². The largest absolute Gasteiger partial charge is 0.308 e. The zero-order valence-electron chi connectivity index (χ0n) is 25.2. The van der Waals surface area contributed by atoms with E-state index in [1.54, 1.807) is 0 Å². The zero-order valence-corrected chi connectivity index (χ0v) is 26.2. The van der Waals surface area contributed by atoms with Crippen LogP contribution in [0, 0.1) is 11.3 Å². The number of benzene rings is 7. The Morgan fingerprint density at radius 3 is 1.30 bits per heavy atom. The maximum atomic E-state index is 10.4. The van der Waals surface area contributed by atoms with Gasteiger partial charge in [0.2, 0.25) is 0 Å². The van der Waals surface area contributed by atoms with E-state index in [1.807, 2.05) is 6.07 Å². The molecule has 0 radical (unpaired) electrons. The summed E-state index contributed by atoms with van der Waals surface area (Å²) in [6.07, 6.45) is 0. The van der Waals surface area contributed by atoms with Gasteiger partial charge in [-0.1, -0.05) is 158 Å². The van der Waals surface area contributed by atoms with Crippen molar-refractivity contribution in [2.75, 3.05) is 0 Å². The minimum atomic E-state index is -2.59. The molecule has 0 unspecified atom stereocenters. The standard InChI is InChI=1S/C43H30N2Si/c44-31-34-30-33(26-29-41(34)45-42-22-12-10-20-39(42)40-21-11-13-23-43(40)45)32-24-27-38(28-25-32)46(35-14-4-1-5-15-35,36-16-6-2-7-17-36)37-18-8-3-9-19-37/h1-30H. The highest BCUT2D eigenvalue weighted by atomic mass is 28.3. The number of hydrogen-bond acceptors (Lipinski definition) is 1. The third kappa shape index (κ3) is 4.39. The predicted octanol–water partition coefficient (Wildman–Crippen LogP) is 7.70. The zero-order chi connectivity index (χ0) is 30.9. The molecule has 2 nitrogen and oxygen atoms in total. The summed E-state index contributed by atoms with van der Waals surface area (Å²) in [6, 6.07) is 67.6. The molecule has 0 aliphatic carbocycles. The van der Waals surface area contributed by atoms with Crippen molar-refractivity contribution in [2.24, 2.45) is 0 Å². The number of aromatic nitrogens is 1. The van der Waals surface area contributed by atoms with E-state index in [2.05, 4.69) is 187 Å². The SMILES string of the molecule is N#Cc1cc(-c2ccc([Si](c3ccccc3)(c3ccccc3)c3ccccc3)cc2)ccc1-n1c2ccccc2c2ccccc21. The van der Waals surface area contributed by atoms with Crippen molar-refractivity contribution in [2.45, 2.75) is 0 Å². The third-order valence-corrected chi connectivity index (χ3v) is 14.0. The molecule has 0 bridgehead atoms. The molecule has 1 heterocycles. The van der Waals surface area contributed by atoms with Gasteiger partial charge in [0.05, 0.1) is 22.3 Å². The Morgan fingerprint density at radius 2 is 0.826 bits per heavy atom. The molecule has 1 aromatic heterocycles. The molecular weight excluding hydrogens is 573 g/mol. The molecule has 0 amide bonds. The minimum absolute atomic E-state index is 0.648. The molecule has 0 N–H and O–H groups in total. The highest BCUT2D eigenvalue weighted by Crippen LogP contribution is 2.34. The second-order valence-corrected chi connectivity index (χ2v) is 15.4. The van der Waals surface area contributed by atoms with Gasteiger partial charge in [-0.05, 0) is 56.1 Å². The summed E-state index contributed by atoms with van der Waals surface area (Å²) in [6.45, 7) is 0. The predicted molar refractivity (Wildman–Crippen MR) is 195 cm³/mol. The topological polar surface area (TPSA) is 28.7 Å². The molecule has 7 aromatic carbocycles. The number of rotatable bonds is 6. The van der Waals surface area contributed by atoms with Gasteiger partial charge >= 0.3 is 0 Å². The number of nitrogens with zero attached hydrogens (tertiary/aromatic N) is 2. The molecule has 0 spiro atoms. The monoisotopic (exact) mass is 602 g/mol. The van der Waals surface area contributed by atoms with E-state index in [1.165, 1.54) is 31.5 Å². The van der Waals surface area contributed by atoms with Crippen LogP contribution >= 0.6 is 0 Å². The molecule has 0 fully saturated rings. The fourth-order valence-corrected chi connectivity index (χ4v) is 11.9. The number of hydrogen-bond donors (Lipinski definition) is 0. The quantitative estimate of drug-likeness (QED) is 0.142. The van der Waals surface area contributed by atoms with Crippen LogP contribution in [0.4, 0.5) is 0 Å². The lowest BCUT2D eigenvalue weighted by molar-refractivity contribution is 1.17. The number of nitriles is 1. The number of fused-ring (bicyclic) bond motifs is 3. The number of para-hydroxylation sites is 2. The van der Waals surface area contributed by atoms with E-state index in [0.29, 0.717) is 5.56 Å². The van der Waals surface area contributed by atoms with Crippen LogP contribution < -0.4 is 20.7 Å². The van der Waals surface area contributed by atoms with Gasteiger partial charge in [-0.15, -0.1) is 0 Å². The van der Waals surface area contributed by atoms with Crippen molar-refractivity contribution in [3.05, 3.63) is 188 Å². The van der Waals surface area contributed by atoms with Crippen molar-refractivity contribution >= 4 is 50.6 Å². The Bertz CT molecular complexity index is 2200. The molecule has 0 saturated heterocycles. The van der Waals surface area contributed by atoms with Gasteiger partial charge in [0.1, 0.15) is 6.07 Å². The average Bonchev–Trinajstić information content (AvgIpc) is 3.47. The molecular formula is C43H30N2Si. The molecule has 0 atom stereocenters. The third-order valence-electron chi connectivity index (χ3n) is 9.21. The van der Waals surface area contributed by atoms with E-state index in [4.69, 9.17) is 0 Å². The van der Waals surface area contributed by atoms with Gasteiger partial charge in [-0.25, -0.2) is 0 Å². The molecule has 0 saturated carbocycles. The van der Waals surface area contributed by atoms with Gasteiger partial charge in [-0.2, -0.15) is 5.26 Å². The minimum Gasteiger partial charge on any atom is -0.308 e. The first-order valence-corrected chi connectivity index (χ1v) is 17.6. The van der Waals surface area contributed by atoms with E-state index in [-0.39, 0.29) is 0 Å². The summed E-state index contributed by atoms with van der Waals surface area (Å²) >= 11 is 0. The Hall–Kier alpha value is -5.95. The average molecular weight is 603 g/mol. The van der Waals surface area contributed by atoms with Crippen LogP contribution in [0.1, 0.15) is 5.56 Å². The molecule has 8 aromatic rings. The van der Waals surface area contributed by atoms with Crippen molar-refractivity contribution in [1.82, 2.24) is 4.57 Å². The van der Waals surface area contributed by atoms with Gasteiger partial charge < -0.3 is 4.57 Å². The molecule has 3 heteroatoms. The molecule has 8 rings (SSSR count).